The van der Waals surface area contributed by atoms with Crippen molar-refractivity contribution in [2.45, 2.75) is 25.7 Å². The van der Waals surface area contributed by atoms with Crippen molar-refractivity contribution in [3.05, 3.63) is 42.2 Å². The number of hydrogen-bond donors (Lipinski definition) is 0. The van der Waals surface area contributed by atoms with Gasteiger partial charge in [0.2, 0.25) is 11.5 Å². The summed E-state index contributed by atoms with van der Waals surface area (Å²) in [6.07, 6.45) is 3.99. The van der Waals surface area contributed by atoms with E-state index in [0.717, 1.165) is 24.2 Å². The molecule has 3 rings (SSSR count). The number of aromatic nitrogens is 1. The molecule has 0 spiro atoms. The Kier molecular flexibility index (Phi) is 6.16. The lowest BCUT2D eigenvalue weighted by molar-refractivity contribution is 0.0940. The highest BCUT2D eigenvalue weighted by Gasteiger charge is 2.15. The maximum absolute atomic E-state index is 12.1. The first-order valence-corrected chi connectivity index (χ1v) is 7.60. The van der Waals surface area contributed by atoms with Gasteiger partial charge in [0.15, 0.2) is 0 Å². The molecule has 0 bridgehead atoms. The van der Waals surface area contributed by atoms with Gasteiger partial charge < -0.3 is 9.42 Å². The average molecular weight is 321 g/mol. The molecule has 1 aliphatic heterocycles. The van der Waals surface area contributed by atoms with Crippen LogP contribution < -0.4 is 0 Å². The molecule has 118 valence electrons. The van der Waals surface area contributed by atoms with Gasteiger partial charge in [0, 0.05) is 18.1 Å². The molecule has 0 saturated carbocycles. The van der Waals surface area contributed by atoms with Gasteiger partial charge in [0.25, 0.3) is 0 Å². The van der Waals surface area contributed by atoms with Gasteiger partial charge in [-0.15, -0.1) is 12.4 Å². The minimum Gasteiger partial charge on any atom is -0.352 e. The first-order valence-electron chi connectivity index (χ1n) is 7.60. The molecule has 0 radical (unpaired) electrons. The Bertz CT molecular complexity index is 592. The number of Topliss-reactive ketones (excluding diaryl/α,β-unsaturated/α-hetero) is 1. The molecule has 0 N–H and O–H groups in total. The normalized spacial score (nSPS) is 14.7. The predicted molar refractivity (Wildman–Crippen MR) is 88.4 cm³/mol. The molecule has 1 aliphatic rings. The van der Waals surface area contributed by atoms with Gasteiger partial charge >= 0.3 is 0 Å². The van der Waals surface area contributed by atoms with Crippen LogP contribution in [0.2, 0.25) is 0 Å². The summed E-state index contributed by atoms with van der Waals surface area (Å²) in [7, 11) is 0. The molecule has 0 atom stereocenters. The first kappa shape index (κ1) is 16.7. The number of ketones is 1. The summed E-state index contributed by atoms with van der Waals surface area (Å²) in [4.78, 5) is 14.5. The van der Waals surface area contributed by atoms with Gasteiger partial charge in [-0.3, -0.25) is 4.79 Å². The van der Waals surface area contributed by atoms with E-state index < -0.39 is 0 Å². The van der Waals surface area contributed by atoms with Crippen molar-refractivity contribution in [1.29, 1.82) is 0 Å². The molecular formula is C17H21ClN2O2. The van der Waals surface area contributed by atoms with Crippen LogP contribution in [0.1, 0.15) is 36.2 Å². The van der Waals surface area contributed by atoms with E-state index in [4.69, 9.17) is 4.52 Å². The predicted octanol–water partition coefficient (Wildman–Crippen LogP) is 3.82. The van der Waals surface area contributed by atoms with Gasteiger partial charge in [-0.05, 0) is 38.9 Å². The summed E-state index contributed by atoms with van der Waals surface area (Å²) < 4.78 is 5.19. The van der Waals surface area contributed by atoms with Crippen molar-refractivity contribution in [2.75, 3.05) is 19.6 Å². The second kappa shape index (κ2) is 8.11. The molecule has 1 aromatic heterocycles. The Balaban J connectivity index is 0.00000176. The molecule has 0 aliphatic carbocycles. The fourth-order valence-corrected chi connectivity index (χ4v) is 2.74. The third-order valence-electron chi connectivity index (χ3n) is 3.93. The van der Waals surface area contributed by atoms with Gasteiger partial charge in [0.1, 0.15) is 5.69 Å². The Labute approximate surface area is 136 Å². The van der Waals surface area contributed by atoms with Crippen molar-refractivity contribution in [3.63, 3.8) is 0 Å². The number of halogens is 1. The Hall–Kier alpha value is -1.65. The number of rotatable bonds is 6. The number of benzene rings is 1. The van der Waals surface area contributed by atoms with Crippen LogP contribution in [-0.2, 0) is 0 Å². The first-order chi connectivity index (χ1) is 10.3. The molecule has 2 heterocycles. The molecule has 22 heavy (non-hydrogen) atoms. The highest BCUT2D eigenvalue weighted by Crippen LogP contribution is 2.19. The summed E-state index contributed by atoms with van der Waals surface area (Å²) >= 11 is 0. The van der Waals surface area contributed by atoms with E-state index in [9.17, 15) is 4.79 Å². The second-order valence-corrected chi connectivity index (χ2v) is 5.52. The maximum atomic E-state index is 12.1. The van der Waals surface area contributed by atoms with Crippen molar-refractivity contribution in [1.82, 2.24) is 10.1 Å². The molecule has 0 unspecified atom stereocenters. The Morgan fingerprint density at radius 1 is 1.18 bits per heavy atom. The molecule has 1 fully saturated rings. The van der Waals surface area contributed by atoms with Crippen molar-refractivity contribution in [2.24, 2.45) is 0 Å². The van der Waals surface area contributed by atoms with Crippen molar-refractivity contribution in [3.8, 4) is 11.3 Å². The van der Waals surface area contributed by atoms with Gasteiger partial charge in [-0.2, -0.15) is 0 Å². The SMILES string of the molecule is Cl.O=C(CCCN1CCCC1)c1cc(-c2ccccc2)no1. The molecule has 1 saturated heterocycles. The topological polar surface area (TPSA) is 46.3 Å². The standard InChI is InChI=1S/C17H20N2O2.ClH/c20-16(9-6-12-19-10-4-5-11-19)17-13-15(18-21-17)14-7-2-1-3-8-14;/h1-3,7-8,13H,4-6,9-12H2;1H. The number of likely N-dealkylation sites (tertiary alicyclic amines) is 1. The smallest absolute Gasteiger partial charge is 0.203 e. The second-order valence-electron chi connectivity index (χ2n) is 5.52. The minimum atomic E-state index is 0. The monoisotopic (exact) mass is 320 g/mol. The van der Waals surface area contributed by atoms with Gasteiger partial charge in [-0.1, -0.05) is 35.5 Å². The maximum Gasteiger partial charge on any atom is 0.203 e. The van der Waals surface area contributed by atoms with E-state index in [1.54, 1.807) is 6.07 Å². The summed E-state index contributed by atoms with van der Waals surface area (Å²) in [6.45, 7) is 3.36. The van der Waals surface area contributed by atoms with Crippen molar-refractivity contribution < 1.29 is 9.32 Å². The Morgan fingerprint density at radius 3 is 2.64 bits per heavy atom. The van der Waals surface area contributed by atoms with Crippen LogP contribution in [0.4, 0.5) is 0 Å². The van der Waals surface area contributed by atoms with E-state index in [1.807, 2.05) is 30.3 Å². The highest BCUT2D eigenvalue weighted by molar-refractivity contribution is 5.94. The van der Waals surface area contributed by atoms with Crippen LogP contribution in [0.25, 0.3) is 11.3 Å². The van der Waals surface area contributed by atoms with E-state index in [2.05, 4.69) is 10.1 Å². The minimum absolute atomic E-state index is 0. The molecule has 0 amide bonds. The van der Waals surface area contributed by atoms with Crippen LogP contribution >= 0.6 is 12.4 Å². The largest absolute Gasteiger partial charge is 0.352 e. The third-order valence-corrected chi connectivity index (χ3v) is 3.93. The molecule has 5 heteroatoms. The quantitative estimate of drug-likeness (QED) is 0.759. The van der Waals surface area contributed by atoms with Gasteiger partial charge in [-0.25, -0.2) is 0 Å². The van der Waals surface area contributed by atoms with Gasteiger partial charge in [0.05, 0.1) is 0 Å². The highest BCUT2D eigenvalue weighted by atomic mass is 35.5. The fraction of sp³-hybridized carbons (Fsp3) is 0.412. The van der Waals surface area contributed by atoms with E-state index in [-0.39, 0.29) is 18.2 Å². The summed E-state index contributed by atoms with van der Waals surface area (Å²) in [5.41, 5.74) is 1.69. The molecule has 2 aromatic rings. The van der Waals surface area contributed by atoms with Crippen LogP contribution in [0.5, 0.6) is 0 Å². The average Bonchev–Trinajstić information content (AvgIpc) is 3.20. The van der Waals surface area contributed by atoms with Crippen LogP contribution in [0.15, 0.2) is 40.9 Å². The van der Waals surface area contributed by atoms with E-state index in [1.165, 1.54) is 25.9 Å². The summed E-state index contributed by atoms with van der Waals surface area (Å²) in [6, 6.07) is 11.5. The number of carbonyl (C=O) groups is 1. The number of hydrogen-bond acceptors (Lipinski definition) is 4. The third kappa shape index (κ3) is 4.18. The zero-order valence-electron chi connectivity index (χ0n) is 12.5. The van der Waals surface area contributed by atoms with Crippen LogP contribution in [0.3, 0.4) is 0 Å². The molecule has 4 nitrogen and oxygen atoms in total. The lowest BCUT2D eigenvalue weighted by atomic mass is 10.1. The number of carbonyl (C=O) groups excluding carboxylic acids is 1. The zero-order valence-corrected chi connectivity index (χ0v) is 13.3. The van der Waals surface area contributed by atoms with E-state index in [0.29, 0.717) is 12.2 Å². The van der Waals surface area contributed by atoms with Crippen LogP contribution in [0, 0.1) is 0 Å². The fourth-order valence-electron chi connectivity index (χ4n) is 2.74. The molecular weight excluding hydrogens is 300 g/mol. The lowest BCUT2D eigenvalue weighted by Crippen LogP contribution is -2.20. The van der Waals surface area contributed by atoms with Crippen LogP contribution in [-0.4, -0.2) is 35.5 Å². The van der Waals surface area contributed by atoms with E-state index >= 15 is 0 Å². The van der Waals surface area contributed by atoms with Crippen molar-refractivity contribution >= 4 is 18.2 Å². The Morgan fingerprint density at radius 2 is 1.91 bits per heavy atom. The summed E-state index contributed by atoms with van der Waals surface area (Å²) in [5.74, 6) is 0.416. The number of nitrogens with zero attached hydrogens (tertiary/aromatic N) is 2. The molecule has 1 aromatic carbocycles. The zero-order chi connectivity index (χ0) is 14.5. The lowest BCUT2D eigenvalue weighted by Gasteiger charge is -2.12. The summed E-state index contributed by atoms with van der Waals surface area (Å²) in [5, 5.41) is 3.99.